The van der Waals surface area contributed by atoms with Crippen LogP contribution in [0.15, 0.2) is 0 Å². The third-order valence-corrected chi connectivity index (χ3v) is 5.05. The molecule has 110 valence electrons. The van der Waals surface area contributed by atoms with Crippen LogP contribution in [0.5, 0.6) is 0 Å². The van der Waals surface area contributed by atoms with E-state index in [-0.39, 0.29) is 0 Å². The number of hydrogen-bond acceptors (Lipinski definition) is 3. The van der Waals surface area contributed by atoms with Crippen molar-refractivity contribution in [2.24, 2.45) is 7.05 Å². The molecule has 1 aliphatic carbocycles. The van der Waals surface area contributed by atoms with Crippen molar-refractivity contribution >= 4 is 0 Å². The Morgan fingerprint density at radius 3 is 2.90 bits per heavy atom. The van der Waals surface area contributed by atoms with Crippen molar-refractivity contribution in [3.63, 3.8) is 0 Å². The first-order valence-corrected chi connectivity index (χ1v) is 8.19. The molecule has 20 heavy (non-hydrogen) atoms. The Balaban J connectivity index is 1.44. The third-order valence-electron chi connectivity index (χ3n) is 5.05. The van der Waals surface area contributed by atoms with Gasteiger partial charge in [0.05, 0.1) is 11.8 Å². The molecule has 1 aromatic rings. The molecule has 0 spiro atoms. The van der Waals surface area contributed by atoms with Gasteiger partial charge in [-0.3, -0.25) is 4.90 Å². The van der Waals surface area contributed by atoms with E-state index in [0.29, 0.717) is 6.10 Å². The quantitative estimate of drug-likeness (QED) is 0.847. The predicted molar refractivity (Wildman–Crippen MR) is 77.8 cm³/mol. The summed E-state index contributed by atoms with van der Waals surface area (Å²) in [6.07, 6.45) is 8.09. The first-order valence-electron chi connectivity index (χ1n) is 8.19. The summed E-state index contributed by atoms with van der Waals surface area (Å²) in [5.74, 6) is 2.09. The lowest BCUT2D eigenvalue weighted by Crippen LogP contribution is -2.39. The van der Waals surface area contributed by atoms with Crippen LogP contribution in [0.25, 0.3) is 0 Å². The highest BCUT2D eigenvalue weighted by atomic mass is 16.5. The molecule has 4 rings (SSSR count). The number of fused-ring (bicyclic) bond motifs is 1. The molecule has 4 heteroatoms. The van der Waals surface area contributed by atoms with Gasteiger partial charge in [-0.05, 0) is 32.1 Å². The second-order valence-electron chi connectivity index (χ2n) is 6.67. The molecule has 0 radical (unpaired) electrons. The summed E-state index contributed by atoms with van der Waals surface area (Å²) < 4.78 is 8.25. The third kappa shape index (κ3) is 2.40. The van der Waals surface area contributed by atoms with Gasteiger partial charge in [0.1, 0.15) is 5.82 Å². The van der Waals surface area contributed by atoms with Crippen LogP contribution in [0.4, 0.5) is 0 Å². The van der Waals surface area contributed by atoms with Crippen LogP contribution in [0.1, 0.15) is 55.2 Å². The lowest BCUT2D eigenvalue weighted by molar-refractivity contribution is -0.00832. The minimum absolute atomic E-state index is 0.455. The van der Waals surface area contributed by atoms with E-state index in [9.17, 15) is 0 Å². The van der Waals surface area contributed by atoms with Gasteiger partial charge in [-0.1, -0.05) is 0 Å². The van der Waals surface area contributed by atoms with Crippen molar-refractivity contribution in [3.8, 4) is 0 Å². The molecule has 1 unspecified atom stereocenters. The maximum absolute atomic E-state index is 5.88. The fourth-order valence-corrected chi connectivity index (χ4v) is 3.71. The van der Waals surface area contributed by atoms with Gasteiger partial charge in [0.2, 0.25) is 0 Å². The highest BCUT2D eigenvalue weighted by Gasteiger charge is 2.32. The van der Waals surface area contributed by atoms with E-state index in [0.717, 1.165) is 38.6 Å². The minimum Gasteiger partial charge on any atom is -0.377 e. The van der Waals surface area contributed by atoms with E-state index < -0.39 is 0 Å². The van der Waals surface area contributed by atoms with Gasteiger partial charge < -0.3 is 9.30 Å². The zero-order valence-electron chi connectivity index (χ0n) is 12.5. The molecule has 4 nitrogen and oxygen atoms in total. The minimum atomic E-state index is 0.455. The fraction of sp³-hybridized carbons (Fsp3) is 0.812. The highest BCUT2D eigenvalue weighted by Crippen LogP contribution is 2.40. The van der Waals surface area contributed by atoms with Gasteiger partial charge in [0.25, 0.3) is 0 Å². The number of ether oxygens (including phenoxy) is 1. The number of aromatic nitrogens is 2. The van der Waals surface area contributed by atoms with E-state index >= 15 is 0 Å². The summed E-state index contributed by atoms with van der Waals surface area (Å²) in [6.45, 7) is 4.24. The van der Waals surface area contributed by atoms with E-state index in [1.165, 1.54) is 49.3 Å². The Morgan fingerprint density at radius 1 is 1.25 bits per heavy atom. The Kier molecular flexibility index (Phi) is 3.31. The van der Waals surface area contributed by atoms with E-state index in [1.807, 2.05) is 0 Å². The summed E-state index contributed by atoms with van der Waals surface area (Å²) in [5.41, 5.74) is 2.81. The van der Waals surface area contributed by atoms with E-state index in [1.54, 1.807) is 0 Å². The van der Waals surface area contributed by atoms with Crippen LogP contribution in [0.3, 0.4) is 0 Å². The Hall–Kier alpha value is -0.870. The van der Waals surface area contributed by atoms with Gasteiger partial charge in [-0.25, -0.2) is 4.98 Å². The van der Waals surface area contributed by atoms with Crippen molar-refractivity contribution < 1.29 is 4.74 Å². The molecule has 3 heterocycles. The second-order valence-corrected chi connectivity index (χ2v) is 6.67. The average Bonchev–Trinajstić information content (AvgIpc) is 3.26. The van der Waals surface area contributed by atoms with Crippen LogP contribution in [0, 0.1) is 0 Å². The number of nitrogens with zero attached hydrogens (tertiary/aromatic N) is 3. The molecule has 1 atom stereocenters. The Morgan fingerprint density at radius 2 is 2.15 bits per heavy atom. The largest absolute Gasteiger partial charge is 0.377 e. The van der Waals surface area contributed by atoms with Crippen LogP contribution in [0.2, 0.25) is 0 Å². The van der Waals surface area contributed by atoms with Crippen LogP contribution >= 0.6 is 0 Å². The van der Waals surface area contributed by atoms with Crippen molar-refractivity contribution in [1.29, 1.82) is 0 Å². The molecule has 0 N–H and O–H groups in total. The summed E-state index contributed by atoms with van der Waals surface area (Å²) in [7, 11) is 2.21. The fourth-order valence-electron chi connectivity index (χ4n) is 3.71. The average molecular weight is 275 g/mol. The van der Waals surface area contributed by atoms with Crippen LogP contribution < -0.4 is 0 Å². The number of hydrogen-bond donors (Lipinski definition) is 0. The number of imidazole rings is 1. The molecule has 1 saturated carbocycles. The molecular weight excluding hydrogens is 250 g/mol. The van der Waals surface area contributed by atoms with Crippen LogP contribution in [-0.4, -0.2) is 40.3 Å². The Bertz CT molecular complexity index is 486. The summed E-state index contributed by atoms with van der Waals surface area (Å²) >= 11 is 0. The van der Waals surface area contributed by atoms with E-state index in [2.05, 4.69) is 16.5 Å². The first kappa shape index (κ1) is 12.8. The summed E-state index contributed by atoms with van der Waals surface area (Å²) in [6, 6.07) is 0. The van der Waals surface area contributed by atoms with Gasteiger partial charge >= 0.3 is 0 Å². The zero-order chi connectivity index (χ0) is 13.5. The zero-order valence-corrected chi connectivity index (χ0v) is 12.5. The monoisotopic (exact) mass is 275 g/mol. The first-order chi connectivity index (χ1) is 9.81. The lowest BCUT2D eigenvalue weighted by atomic mass is 10.1. The standard InChI is InChI=1S/C16H25N3O/c1-18-15-7-8-19(10-13-4-2-3-9-20-13)11-14(15)17-16(18)12-5-6-12/h12-13H,2-11H2,1H3. The molecule has 0 aromatic carbocycles. The van der Waals surface area contributed by atoms with Crippen molar-refractivity contribution in [3.05, 3.63) is 17.2 Å². The normalized spacial score (nSPS) is 27.6. The molecule has 1 aromatic heterocycles. The maximum atomic E-state index is 5.88. The number of rotatable bonds is 3. The molecule has 0 amide bonds. The summed E-state index contributed by atoms with van der Waals surface area (Å²) in [5, 5.41) is 0. The molecule has 2 fully saturated rings. The smallest absolute Gasteiger partial charge is 0.112 e. The van der Waals surface area contributed by atoms with E-state index in [4.69, 9.17) is 9.72 Å². The molecule has 0 bridgehead atoms. The van der Waals surface area contributed by atoms with Crippen LogP contribution in [-0.2, 0) is 24.8 Å². The van der Waals surface area contributed by atoms with Gasteiger partial charge in [-0.15, -0.1) is 0 Å². The van der Waals surface area contributed by atoms with Gasteiger partial charge in [0.15, 0.2) is 0 Å². The van der Waals surface area contributed by atoms with Crippen molar-refractivity contribution in [2.75, 3.05) is 19.7 Å². The topological polar surface area (TPSA) is 30.3 Å². The van der Waals surface area contributed by atoms with Gasteiger partial charge in [0, 0.05) is 51.3 Å². The second kappa shape index (κ2) is 5.15. The Labute approximate surface area is 121 Å². The molecule has 2 aliphatic heterocycles. The van der Waals surface area contributed by atoms with Gasteiger partial charge in [-0.2, -0.15) is 0 Å². The lowest BCUT2D eigenvalue weighted by Gasteiger charge is -2.32. The molecule has 3 aliphatic rings. The summed E-state index contributed by atoms with van der Waals surface area (Å²) in [4.78, 5) is 7.48. The molecule has 1 saturated heterocycles. The van der Waals surface area contributed by atoms with Crippen molar-refractivity contribution in [2.45, 2.75) is 57.1 Å². The maximum Gasteiger partial charge on any atom is 0.112 e. The highest BCUT2D eigenvalue weighted by molar-refractivity contribution is 5.23. The SMILES string of the molecule is Cn1c(C2CC2)nc2c1CCN(CC1CCCCO1)C2. The molecular formula is C16H25N3O. The predicted octanol–water partition coefficient (Wildman–Crippen LogP) is 2.22. The van der Waals surface area contributed by atoms with Crippen molar-refractivity contribution in [1.82, 2.24) is 14.5 Å².